The molecule has 0 fully saturated rings. The lowest BCUT2D eigenvalue weighted by molar-refractivity contribution is -0.394. The van der Waals surface area contributed by atoms with Crippen LogP contribution in [0.5, 0.6) is 0 Å². The number of fused-ring (bicyclic) bond motifs is 1. The van der Waals surface area contributed by atoms with Gasteiger partial charge in [-0.15, -0.1) is 0 Å². The summed E-state index contributed by atoms with van der Waals surface area (Å²) in [5.74, 6) is 0. The number of nitro benzene ring substituents is 3. The van der Waals surface area contributed by atoms with Gasteiger partial charge in [-0.3, -0.25) is 30.3 Å². The van der Waals surface area contributed by atoms with E-state index in [0.717, 1.165) is 21.4 Å². The fourth-order valence-electron chi connectivity index (χ4n) is 4.06. The summed E-state index contributed by atoms with van der Waals surface area (Å²) in [5, 5.41) is 33.1. The molecule has 0 radical (unpaired) electrons. The molecule has 3 rings (SSSR count). The zero-order chi connectivity index (χ0) is 57.1. The zero-order valence-electron chi connectivity index (χ0n) is 40.0. The minimum Gasteiger partial charge on any atom is -0.361 e. The van der Waals surface area contributed by atoms with Crippen molar-refractivity contribution in [2.45, 2.75) is 20.1 Å². The SMILES string of the molecule is C.C=C=C=C=C=C=C=C=C=C=C=C=C=C=C=C=C=C=C=C=C=C=C=C=C=C=C=C=C=C=C=C=C=C=C=C=C=C=C=C=C=C=C=C=C=C.COC(Cc1c(Br)cc([N+](=O)[O-])cc1[N+](=O)[O-])OC.O=[N+]([O-])c1cc(Br)c2cc[nH]c2c1. The highest BCUT2D eigenvalue weighted by Crippen LogP contribution is 2.33. The average molecular weight is 1150 g/mol. The number of aromatic amines is 1. The van der Waals surface area contributed by atoms with E-state index in [1.165, 1.54) is 32.4 Å². The Morgan fingerprint density at radius 1 is 0.443 bits per heavy atom. The van der Waals surface area contributed by atoms with Crippen molar-refractivity contribution < 1.29 is 24.2 Å². The van der Waals surface area contributed by atoms with Crippen molar-refractivity contribution in [1.82, 2.24) is 4.98 Å². The molecule has 1 N–H and O–H groups in total. The number of ether oxygens (including phenoxy) is 2. The first-order valence-corrected chi connectivity index (χ1v) is 21.7. The number of rotatable bonds is 7. The van der Waals surface area contributed by atoms with E-state index in [4.69, 9.17) is 9.47 Å². The molecule has 0 saturated heterocycles. The second-order valence-electron chi connectivity index (χ2n) is 11.8. The molecule has 1 heterocycles. The number of non-ortho nitro benzene ring substituents is 2. The zero-order valence-corrected chi connectivity index (χ0v) is 43.2. The number of benzene rings is 2. The largest absolute Gasteiger partial charge is 0.361 e. The lowest BCUT2D eigenvalue weighted by atomic mass is 10.1. The Morgan fingerprint density at radius 3 is 0.962 bits per heavy atom. The van der Waals surface area contributed by atoms with Crippen LogP contribution in [0.25, 0.3) is 10.9 Å². The first-order valence-electron chi connectivity index (χ1n) is 20.1. The summed E-state index contributed by atoms with van der Waals surface area (Å²) in [6.07, 6.45) is 1.18. The van der Waals surface area contributed by atoms with Gasteiger partial charge in [-0.2, -0.15) is 0 Å². The fraction of sp³-hybridized carbons (Fsp3) is 0.0769. The van der Waals surface area contributed by atoms with E-state index >= 15 is 0 Å². The number of nitrogens with zero attached hydrogens (tertiary/aromatic N) is 3. The van der Waals surface area contributed by atoms with Crippen molar-refractivity contribution in [3.63, 3.8) is 0 Å². The summed E-state index contributed by atoms with van der Waals surface area (Å²) in [5.41, 5.74) is 110. The fourth-order valence-corrected chi connectivity index (χ4v) is 5.24. The highest BCUT2D eigenvalue weighted by Gasteiger charge is 2.25. The van der Waals surface area contributed by atoms with E-state index < -0.39 is 21.1 Å². The number of hydrogen-bond acceptors (Lipinski definition) is 8. The molecule has 3 aromatic rings. The lowest BCUT2D eigenvalue weighted by Gasteiger charge is -2.14. The monoisotopic (exact) mass is 1150 g/mol. The van der Waals surface area contributed by atoms with Crippen molar-refractivity contribution in [3.05, 3.63) is 347 Å². The number of aromatic nitrogens is 1. The van der Waals surface area contributed by atoms with Gasteiger partial charge in [-0.25, -0.2) is 0 Å². The van der Waals surface area contributed by atoms with Gasteiger partial charge in [0, 0.05) is 214 Å². The average Bonchev–Trinajstić information content (AvgIpc) is 3.93. The minimum atomic E-state index is -0.689. The third-order valence-corrected chi connectivity index (χ3v) is 8.38. The Hall–Kier alpha value is -12.9. The Morgan fingerprint density at radius 2 is 0.709 bits per heavy atom. The maximum atomic E-state index is 11.0. The van der Waals surface area contributed by atoms with Gasteiger partial charge in [-0.1, -0.05) is 34.8 Å². The molecule has 0 aliphatic rings. The number of nitro groups is 3. The molecule has 12 nitrogen and oxygen atoms in total. The first-order chi connectivity index (χ1) is 38.0. The van der Waals surface area contributed by atoms with Gasteiger partial charge in [0.1, 0.15) is 0 Å². The van der Waals surface area contributed by atoms with E-state index in [1.807, 2.05) is 6.07 Å². The van der Waals surface area contributed by atoms with Gasteiger partial charge in [-0.05, 0) is 127 Å². The molecule has 2 aromatic carbocycles. The van der Waals surface area contributed by atoms with Crippen LogP contribution in [0.3, 0.4) is 0 Å². The highest BCUT2D eigenvalue weighted by atomic mass is 79.9. The number of halogens is 2. The van der Waals surface area contributed by atoms with Crippen LogP contribution in [0.1, 0.15) is 13.0 Å². The second kappa shape index (κ2) is 45.0. The molecule has 0 saturated carbocycles. The summed E-state index contributed by atoms with van der Waals surface area (Å²) in [4.78, 5) is 33.3. The van der Waals surface area contributed by atoms with Crippen molar-refractivity contribution in [1.29, 1.82) is 0 Å². The van der Waals surface area contributed by atoms with E-state index in [2.05, 4.69) is 302 Å². The van der Waals surface area contributed by atoms with Crippen LogP contribution in [-0.2, 0) is 15.9 Å². The summed E-state index contributed by atoms with van der Waals surface area (Å²) < 4.78 is 10.9. The van der Waals surface area contributed by atoms with E-state index in [9.17, 15) is 30.3 Å². The molecule has 0 unspecified atom stereocenters. The molecule has 0 spiro atoms. The maximum Gasteiger partial charge on any atom is 0.280 e. The standard InChI is InChI=1S/C46H4.C10H11BrN2O6.C8H5BrN2O2.CH4/c1-3-5-7-9-11-13-15-17-19-21-23-25-27-29-31-33-35-37-39-41-43-45-46-44-42-40-38-36-34-32-30-28-26-24-22-20-18-16-14-12-10-8-6-4-2;1-18-10(19-2)5-7-8(11)3-6(12(14)15)4-9(7)13(16)17;9-7-3-5(11(12)13)4-8-6(7)1-2-10-8;/h1-2H2;3-4,10H,5H2,1-2H3;1-4,10H;1H4. The number of hydrogen-bond donors (Lipinski definition) is 1. The topological polar surface area (TPSA) is 164 Å². The first kappa shape index (κ1) is 66.1. The van der Waals surface area contributed by atoms with Gasteiger partial charge in [0.2, 0.25) is 0 Å². The molecule has 1 aromatic heterocycles. The van der Waals surface area contributed by atoms with Crippen LogP contribution in [0, 0.1) is 30.3 Å². The van der Waals surface area contributed by atoms with Gasteiger partial charge in [0.05, 0.1) is 26.4 Å². The smallest absolute Gasteiger partial charge is 0.280 e. The minimum absolute atomic E-state index is 0. The normalized spacial score (nSPS) is 6.59. The highest BCUT2D eigenvalue weighted by molar-refractivity contribution is 9.11. The van der Waals surface area contributed by atoms with Crippen molar-refractivity contribution in [3.8, 4) is 0 Å². The lowest BCUT2D eigenvalue weighted by Crippen LogP contribution is -2.17. The van der Waals surface area contributed by atoms with Gasteiger partial charge in [0.15, 0.2) is 6.29 Å². The predicted octanol–water partition coefficient (Wildman–Crippen LogP) is 13.5. The predicted molar refractivity (Wildman–Crippen MR) is 294 cm³/mol. The van der Waals surface area contributed by atoms with Crippen LogP contribution in [0.4, 0.5) is 17.1 Å². The maximum absolute atomic E-state index is 11.0. The van der Waals surface area contributed by atoms with Crippen molar-refractivity contribution in [2.24, 2.45) is 0 Å². The molecule has 14 heteroatoms. The molecule has 0 aliphatic heterocycles. The molecule has 0 aliphatic carbocycles. The van der Waals surface area contributed by atoms with Crippen LogP contribution >= 0.6 is 31.9 Å². The Labute approximate surface area is 467 Å². The third-order valence-electron chi connectivity index (χ3n) is 7.01. The summed E-state index contributed by atoms with van der Waals surface area (Å²) in [6.45, 7) is 6.62. The van der Waals surface area contributed by atoms with E-state index in [-0.39, 0.29) is 40.9 Å². The third kappa shape index (κ3) is 33.4. The Bertz CT molecular complexity index is 4600. The molecule has 79 heavy (non-hydrogen) atoms. The number of H-pyrrole nitrogens is 1. The van der Waals surface area contributed by atoms with Crippen LogP contribution < -0.4 is 0 Å². The van der Waals surface area contributed by atoms with Gasteiger partial charge >= 0.3 is 0 Å². The quantitative estimate of drug-likeness (QED) is 0.106. The molecular formula is C65H24Br2N4O8. The van der Waals surface area contributed by atoms with Gasteiger partial charge < -0.3 is 14.5 Å². The Balaban J connectivity index is 0.00000148. The molecule has 366 valence electrons. The molecular weight excluding hydrogens is 1120 g/mol. The number of nitrogens with one attached hydrogen (secondary N) is 1. The van der Waals surface area contributed by atoms with Crippen LogP contribution in [0.15, 0.2) is 311 Å². The Kier molecular flexibility index (Phi) is 37.7. The van der Waals surface area contributed by atoms with Gasteiger partial charge in [0.25, 0.3) is 17.1 Å². The summed E-state index contributed by atoms with van der Waals surface area (Å²) in [7, 11) is 2.80. The van der Waals surface area contributed by atoms with E-state index in [0.29, 0.717) is 0 Å². The number of methoxy groups -OCH3 is 2. The second-order valence-corrected chi connectivity index (χ2v) is 13.5. The summed E-state index contributed by atoms with van der Waals surface area (Å²) in [6, 6.07) is 7.01. The van der Waals surface area contributed by atoms with E-state index in [1.54, 1.807) is 6.20 Å². The molecule has 0 amide bonds. The van der Waals surface area contributed by atoms with Crippen molar-refractivity contribution in [2.75, 3.05) is 14.2 Å². The van der Waals surface area contributed by atoms with Crippen LogP contribution in [0.2, 0.25) is 0 Å². The van der Waals surface area contributed by atoms with Crippen LogP contribution in [-0.4, -0.2) is 40.3 Å². The van der Waals surface area contributed by atoms with Crippen molar-refractivity contribution >= 4 is 59.8 Å². The molecule has 0 bridgehead atoms. The summed E-state index contributed by atoms with van der Waals surface area (Å²) >= 11 is 6.37. The molecule has 0 atom stereocenters.